The average molecular weight is 435 g/mol. The summed E-state index contributed by atoms with van der Waals surface area (Å²) in [6.07, 6.45) is 5.82. The molecule has 0 aromatic rings. The molecule has 31 heavy (non-hydrogen) atoms. The van der Waals surface area contributed by atoms with E-state index in [1.165, 1.54) is 6.20 Å². The molecule has 6 nitrogen and oxygen atoms in total. The molecule has 1 aliphatic carbocycles. The number of nitrogens with zero attached hydrogens (tertiary/aromatic N) is 4. The first kappa shape index (κ1) is 20.8. The summed E-state index contributed by atoms with van der Waals surface area (Å²) in [5, 5.41) is 2.73. The van der Waals surface area contributed by atoms with Gasteiger partial charge in [0.25, 0.3) is 0 Å². The molecule has 0 bridgehead atoms. The predicted octanol–water partition coefficient (Wildman–Crippen LogP) is 1.32. The molecule has 1 N–H and O–H groups in total. The lowest BCUT2D eigenvalue weighted by atomic mass is 9.87. The van der Waals surface area contributed by atoms with Gasteiger partial charge in [0.05, 0.1) is 12.1 Å². The van der Waals surface area contributed by atoms with Crippen LogP contribution in [0.1, 0.15) is 6.92 Å². The number of halogens is 3. The molecule has 5 rings (SSSR count). The zero-order valence-corrected chi connectivity index (χ0v) is 17.8. The Bertz CT molecular complexity index is 892. The molecule has 0 aromatic heterocycles. The van der Waals surface area contributed by atoms with Crippen molar-refractivity contribution in [1.82, 2.24) is 24.9 Å². The number of amides is 1. The third kappa shape index (κ3) is 3.43. The van der Waals surface area contributed by atoms with Crippen molar-refractivity contribution in [2.24, 2.45) is 0 Å². The molecule has 4 aliphatic heterocycles. The van der Waals surface area contributed by atoms with Crippen LogP contribution in [0.25, 0.3) is 0 Å². The van der Waals surface area contributed by atoms with Crippen LogP contribution in [-0.2, 0) is 4.79 Å². The summed E-state index contributed by atoms with van der Waals surface area (Å²) in [6, 6.07) is -2.19. The summed E-state index contributed by atoms with van der Waals surface area (Å²) in [5.41, 5.74) is 0.841. The van der Waals surface area contributed by atoms with Crippen LogP contribution in [0.2, 0.25) is 0 Å². The van der Waals surface area contributed by atoms with Gasteiger partial charge in [-0.1, -0.05) is 12.2 Å². The molecular formula is C22H28F3N5O. The van der Waals surface area contributed by atoms with Gasteiger partial charge in [0.15, 0.2) is 6.30 Å². The normalized spacial score (nSPS) is 37.0. The van der Waals surface area contributed by atoms with Crippen LogP contribution in [-0.4, -0.2) is 102 Å². The van der Waals surface area contributed by atoms with Gasteiger partial charge in [-0.25, -0.2) is 13.2 Å². The quantitative estimate of drug-likeness (QED) is 0.535. The van der Waals surface area contributed by atoms with E-state index in [0.29, 0.717) is 50.4 Å². The van der Waals surface area contributed by atoms with Gasteiger partial charge >= 0.3 is 0 Å². The maximum absolute atomic E-state index is 15.3. The smallest absolute Gasteiger partial charge is 0.243 e. The van der Waals surface area contributed by atoms with Crippen LogP contribution in [0, 0.1) is 0 Å². The van der Waals surface area contributed by atoms with E-state index in [4.69, 9.17) is 0 Å². The number of hydrogen-bond acceptors (Lipinski definition) is 5. The third-order valence-electron chi connectivity index (χ3n) is 7.18. The van der Waals surface area contributed by atoms with Crippen molar-refractivity contribution in [3.05, 3.63) is 47.2 Å². The van der Waals surface area contributed by atoms with Crippen LogP contribution in [0.5, 0.6) is 0 Å². The summed E-state index contributed by atoms with van der Waals surface area (Å²) in [5.74, 6) is -1.11. The predicted molar refractivity (Wildman–Crippen MR) is 111 cm³/mol. The van der Waals surface area contributed by atoms with Gasteiger partial charge in [0, 0.05) is 56.6 Å². The van der Waals surface area contributed by atoms with Crippen molar-refractivity contribution in [2.75, 3.05) is 46.3 Å². The fourth-order valence-corrected chi connectivity index (χ4v) is 5.29. The van der Waals surface area contributed by atoms with Gasteiger partial charge in [-0.2, -0.15) is 0 Å². The van der Waals surface area contributed by atoms with E-state index in [9.17, 15) is 13.6 Å². The second kappa shape index (κ2) is 7.79. The monoisotopic (exact) mass is 435 g/mol. The lowest BCUT2D eigenvalue weighted by molar-refractivity contribution is -0.129. The van der Waals surface area contributed by atoms with E-state index < -0.39 is 36.1 Å². The van der Waals surface area contributed by atoms with E-state index in [0.717, 1.165) is 0 Å². The van der Waals surface area contributed by atoms with Crippen molar-refractivity contribution in [2.45, 2.75) is 37.4 Å². The zero-order chi connectivity index (χ0) is 21.9. The third-order valence-corrected chi connectivity index (χ3v) is 7.18. The summed E-state index contributed by atoms with van der Waals surface area (Å²) in [6.45, 7) is 5.33. The maximum atomic E-state index is 15.3. The molecule has 4 unspecified atom stereocenters. The Labute approximate surface area is 180 Å². The van der Waals surface area contributed by atoms with Crippen LogP contribution >= 0.6 is 0 Å². The van der Waals surface area contributed by atoms with Gasteiger partial charge in [-0.3, -0.25) is 19.5 Å². The fourth-order valence-electron chi connectivity index (χ4n) is 5.29. The van der Waals surface area contributed by atoms with Crippen molar-refractivity contribution >= 4 is 5.91 Å². The van der Waals surface area contributed by atoms with Crippen molar-refractivity contribution in [3.8, 4) is 0 Å². The number of hydrogen-bond donors (Lipinski definition) is 1. The number of nitrogens with one attached hydrogen (secondary N) is 1. The second-order valence-corrected chi connectivity index (χ2v) is 9.05. The molecule has 2 saturated heterocycles. The largest absolute Gasteiger partial charge is 0.354 e. The minimum absolute atomic E-state index is 0.266. The summed E-state index contributed by atoms with van der Waals surface area (Å²) < 4.78 is 44.5. The second-order valence-electron chi connectivity index (χ2n) is 9.05. The standard InChI is InChI=1S/C22H28F3N5O/c1-13-22(31)26-19-18(24)14(10-15-16(23)12-30(13)20(15)19)11-28-6-8-29(9-7-28)17-4-3-5-27(2)21(17)25/h3-4,10,12-13,17,19-21H,5-9,11H2,1-2H3,(H,26,31)/t13-,17?,19?,20?,21?/m0/s1. The SMILES string of the molecule is C[C@H]1C(=O)NC2C(F)=C(CN3CCN(C4C=CCN(C)C4F)CC3)C=C3C(F)=CN1C32. The Balaban J connectivity index is 1.28. The van der Waals surface area contributed by atoms with Crippen molar-refractivity contribution in [3.63, 3.8) is 0 Å². The average Bonchev–Trinajstić information content (AvgIpc) is 3.09. The highest BCUT2D eigenvalue weighted by molar-refractivity contribution is 5.84. The molecule has 5 aliphatic rings. The van der Waals surface area contributed by atoms with Gasteiger partial charge in [-0.05, 0) is 20.0 Å². The number of piperazine rings is 2. The highest BCUT2D eigenvalue weighted by Crippen LogP contribution is 2.41. The lowest BCUT2D eigenvalue weighted by Crippen LogP contribution is -2.63. The molecular weight excluding hydrogens is 407 g/mol. The molecule has 0 spiro atoms. The molecule has 168 valence electrons. The molecule has 0 radical (unpaired) electrons. The van der Waals surface area contributed by atoms with Crippen molar-refractivity contribution in [1.29, 1.82) is 0 Å². The Hall–Kier alpha value is -2.10. The molecule has 4 heterocycles. The topological polar surface area (TPSA) is 42.1 Å². The molecule has 0 saturated carbocycles. The number of alkyl halides is 1. The highest BCUT2D eigenvalue weighted by Gasteiger charge is 2.49. The lowest BCUT2D eigenvalue weighted by Gasteiger charge is -2.44. The maximum Gasteiger partial charge on any atom is 0.243 e. The van der Waals surface area contributed by atoms with E-state index in [-0.39, 0.29) is 11.9 Å². The van der Waals surface area contributed by atoms with Crippen LogP contribution in [0.15, 0.2) is 47.2 Å². The van der Waals surface area contributed by atoms with Gasteiger partial charge < -0.3 is 10.2 Å². The number of carbonyl (C=O) groups is 1. The van der Waals surface area contributed by atoms with Crippen molar-refractivity contribution < 1.29 is 18.0 Å². The van der Waals surface area contributed by atoms with Gasteiger partial charge in [0.1, 0.15) is 23.7 Å². The summed E-state index contributed by atoms with van der Waals surface area (Å²) >= 11 is 0. The Kier molecular flexibility index (Phi) is 5.22. The molecule has 5 atom stereocenters. The summed E-state index contributed by atoms with van der Waals surface area (Å²) in [4.78, 5) is 19.8. The molecule has 1 amide bonds. The first-order valence-corrected chi connectivity index (χ1v) is 10.9. The number of carbonyl (C=O) groups excluding carboxylic acids is 1. The molecule has 0 aromatic carbocycles. The van der Waals surface area contributed by atoms with E-state index in [2.05, 4.69) is 15.1 Å². The van der Waals surface area contributed by atoms with E-state index in [1.54, 1.807) is 29.8 Å². The minimum atomic E-state index is -1.03. The van der Waals surface area contributed by atoms with Crippen LogP contribution < -0.4 is 5.32 Å². The number of likely N-dealkylation sites (N-methyl/N-ethyl adjacent to an activating group) is 1. The Morgan fingerprint density at radius 2 is 1.94 bits per heavy atom. The zero-order valence-electron chi connectivity index (χ0n) is 17.8. The van der Waals surface area contributed by atoms with Gasteiger partial charge in [-0.15, -0.1) is 0 Å². The van der Waals surface area contributed by atoms with Crippen LogP contribution in [0.3, 0.4) is 0 Å². The first-order valence-electron chi connectivity index (χ1n) is 10.9. The first-order chi connectivity index (χ1) is 14.8. The minimum Gasteiger partial charge on any atom is -0.354 e. The summed E-state index contributed by atoms with van der Waals surface area (Å²) in [7, 11) is 1.78. The van der Waals surface area contributed by atoms with Crippen LogP contribution in [0.4, 0.5) is 13.2 Å². The van der Waals surface area contributed by atoms with E-state index >= 15 is 4.39 Å². The van der Waals surface area contributed by atoms with E-state index in [1.807, 2.05) is 12.2 Å². The number of rotatable bonds is 3. The highest BCUT2D eigenvalue weighted by atomic mass is 19.1. The molecule has 9 heteroatoms. The fraction of sp³-hybridized carbons (Fsp3) is 0.591. The molecule has 2 fully saturated rings. The Morgan fingerprint density at radius 3 is 2.68 bits per heavy atom. The Morgan fingerprint density at radius 1 is 1.19 bits per heavy atom. The van der Waals surface area contributed by atoms with Gasteiger partial charge in [0.2, 0.25) is 5.91 Å².